The molecule has 0 saturated heterocycles. The molecule has 0 aliphatic heterocycles. The maximum Gasteiger partial charge on any atom is 0.307 e. The molecule has 80 valence electrons. The Morgan fingerprint density at radius 2 is 2.27 bits per heavy atom. The standard InChI is InChI=1S/C11H11FO3/c1-15-10-6-8(5-9(12)7-10)3-2-4-11(13)14/h2-3,5-7H,4H2,1H3,(H,13,14)/b3-2+. The molecule has 0 amide bonds. The predicted molar refractivity (Wildman–Crippen MR) is 54.2 cm³/mol. The van der Waals surface area contributed by atoms with E-state index in [9.17, 15) is 9.18 Å². The van der Waals surface area contributed by atoms with Crippen molar-refractivity contribution in [3.05, 3.63) is 35.7 Å². The number of carboxylic acids is 1. The van der Waals surface area contributed by atoms with Crippen LogP contribution in [0, 0.1) is 5.82 Å². The highest BCUT2D eigenvalue weighted by molar-refractivity contribution is 5.70. The van der Waals surface area contributed by atoms with Crippen LogP contribution in [0.15, 0.2) is 24.3 Å². The maximum atomic E-state index is 13.0. The second-order valence-corrected chi connectivity index (χ2v) is 2.92. The van der Waals surface area contributed by atoms with Crippen LogP contribution in [0.3, 0.4) is 0 Å². The molecule has 1 aromatic carbocycles. The number of benzene rings is 1. The van der Waals surface area contributed by atoms with Crippen molar-refractivity contribution >= 4 is 12.0 Å². The van der Waals surface area contributed by atoms with Gasteiger partial charge in [0.2, 0.25) is 0 Å². The van der Waals surface area contributed by atoms with Crippen molar-refractivity contribution in [3.8, 4) is 5.75 Å². The van der Waals surface area contributed by atoms with Gasteiger partial charge in [0.1, 0.15) is 11.6 Å². The van der Waals surface area contributed by atoms with Crippen LogP contribution in [0.25, 0.3) is 6.08 Å². The summed E-state index contributed by atoms with van der Waals surface area (Å²) in [6, 6.07) is 4.19. The molecule has 0 heterocycles. The summed E-state index contributed by atoms with van der Waals surface area (Å²) in [6.45, 7) is 0. The number of carbonyl (C=O) groups is 1. The van der Waals surface area contributed by atoms with Gasteiger partial charge >= 0.3 is 5.97 Å². The third-order valence-corrected chi connectivity index (χ3v) is 1.73. The number of ether oxygens (including phenoxy) is 1. The summed E-state index contributed by atoms with van der Waals surface area (Å²) in [5.41, 5.74) is 0.577. The van der Waals surface area contributed by atoms with E-state index >= 15 is 0 Å². The molecule has 1 aromatic rings. The highest BCUT2D eigenvalue weighted by atomic mass is 19.1. The molecule has 0 spiro atoms. The van der Waals surface area contributed by atoms with E-state index in [2.05, 4.69) is 0 Å². The summed E-state index contributed by atoms with van der Waals surface area (Å²) in [5.74, 6) is -0.927. The van der Waals surface area contributed by atoms with Gasteiger partial charge in [-0.05, 0) is 17.7 Å². The third kappa shape index (κ3) is 3.81. The lowest BCUT2D eigenvalue weighted by Crippen LogP contribution is -1.90. The first-order valence-corrected chi connectivity index (χ1v) is 4.34. The second-order valence-electron chi connectivity index (χ2n) is 2.92. The summed E-state index contributed by atoms with van der Waals surface area (Å²) in [6.07, 6.45) is 2.91. The smallest absolute Gasteiger partial charge is 0.307 e. The van der Waals surface area contributed by atoms with Gasteiger partial charge < -0.3 is 9.84 Å². The highest BCUT2D eigenvalue weighted by Gasteiger charge is 1.98. The molecule has 0 aromatic heterocycles. The van der Waals surface area contributed by atoms with Gasteiger partial charge in [0.05, 0.1) is 13.5 Å². The summed E-state index contributed by atoms with van der Waals surface area (Å²) in [4.78, 5) is 10.2. The van der Waals surface area contributed by atoms with Crippen LogP contribution >= 0.6 is 0 Å². The largest absolute Gasteiger partial charge is 0.497 e. The number of halogens is 1. The Labute approximate surface area is 86.8 Å². The fourth-order valence-electron chi connectivity index (χ4n) is 1.09. The van der Waals surface area contributed by atoms with Crippen LogP contribution in [-0.2, 0) is 4.79 Å². The van der Waals surface area contributed by atoms with E-state index in [0.29, 0.717) is 11.3 Å². The highest BCUT2D eigenvalue weighted by Crippen LogP contribution is 2.16. The van der Waals surface area contributed by atoms with Gasteiger partial charge in [0.25, 0.3) is 0 Å². The van der Waals surface area contributed by atoms with Gasteiger partial charge in [-0.15, -0.1) is 0 Å². The number of methoxy groups -OCH3 is 1. The monoisotopic (exact) mass is 210 g/mol. The zero-order valence-corrected chi connectivity index (χ0v) is 8.24. The quantitative estimate of drug-likeness (QED) is 0.829. The normalized spacial score (nSPS) is 10.5. The van der Waals surface area contributed by atoms with E-state index in [4.69, 9.17) is 9.84 Å². The molecule has 0 fully saturated rings. The van der Waals surface area contributed by atoms with Gasteiger partial charge in [-0.25, -0.2) is 4.39 Å². The Balaban J connectivity index is 2.80. The molecule has 0 aliphatic carbocycles. The summed E-state index contributed by atoms with van der Waals surface area (Å²) in [5, 5.41) is 8.40. The van der Waals surface area contributed by atoms with Gasteiger partial charge in [-0.3, -0.25) is 4.79 Å². The SMILES string of the molecule is COc1cc(F)cc(/C=C/CC(=O)O)c1. The third-order valence-electron chi connectivity index (χ3n) is 1.73. The molecule has 0 aliphatic rings. The number of hydrogen-bond donors (Lipinski definition) is 1. The predicted octanol–water partition coefficient (Wildman–Crippen LogP) is 2.32. The van der Waals surface area contributed by atoms with Crippen LogP contribution in [-0.4, -0.2) is 18.2 Å². The second kappa shape index (κ2) is 5.14. The lowest BCUT2D eigenvalue weighted by Gasteiger charge is -2.01. The molecule has 0 saturated carbocycles. The van der Waals surface area contributed by atoms with Crippen LogP contribution in [0.5, 0.6) is 5.75 Å². The van der Waals surface area contributed by atoms with Crippen molar-refractivity contribution in [1.29, 1.82) is 0 Å². The molecule has 4 heteroatoms. The van der Waals surface area contributed by atoms with E-state index < -0.39 is 11.8 Å². The van der Waals surface area contributed by atoms with Crippen molar-refractivity contribution in [2.24, 2.45) is 0 Å². The van der Waals surface area contributed by atoms with Crippen molar-refractivity contribution in [3.63, 3.8) is 0 Å². The molecule has 15 heavy (non-hydrogen) atoms. The molecule has 0 unspecified atom stereocenters. The fraction of sp³-hybridized carbons (Fsp3) is 0.182. The first-order chi connectivity index (χ1) is 7.11. The minimum Gasteiger partial charge on any atom is -0.497 e. The zero-order valence-electron chi connectivity index (χ0n) is 8.24. The summed E-state index contributed by atoms with van der Waals surface area (Å²) < 4.78 is 17.8. The van der Waals surface area contributed by atoms with Crippen LogP contribution < -0.4 is 4.74 Å². The van der Waals surface area contributed by atoms with Crippen molar-refractivity contribution in [1.82, 2.24) is 0 Å². The lowest BCUT2D eigenvalue weighted by atomic mass is 10.2. The number of aliphatic carboxylic acids is 1. The van der Waals surface area contributed by atoms with Crippen LogP contribution in [0.4, 0.5) is 4.39 Å². The Morgan fingerprint density at radius 3 is 2.87 bits per heavy atom. The van der Waals surface area contributed by atoms with E-state index in [1.165, 1.54) is 25.3 Å². The first-order valence-electron chi connectivity index (χ1n) is 4.34. The average Bonchev–Trinajstić information content (AvgIpc) is 2.16. The van der Waals surface area contributed by atoms with Crippen molar-refractivity contribution in [2.45, 2.75) is 6.42 Å². The molecule has 0 bridgehead atoms. The molecule has 1 rings (SSSR count). The van der Waals surface area contributed by atoms with Crippen molar-refractivity contribution in [2.75, 3.05) is 7.11 Å². The number of carboxylic acid groups (broad SMARTS) is 1. The van der Waals surface area contributed by atoms with E-state index in [1.54, 1.807) is 12.1 Å². The topological polar surface area (TPSA) is 46.5 Å². The molecule has 0 atom stereocenters. The number of rotatable bonds is 4. The minimum atomic E-state index is -0.922. The summed E-state index contributed by atoms with van der Waals surface area (Å²) >= 11 is 0. The Kier molecular flexibility index (Phi) is 3.85. The Morgan fingerprint density at radius 1 is 1.53 bits per heavy atom. The van der Waals surface area contributed by atoms with E-state index in [0.717, 1.165) is 0 Å². The van der Waals surface area contributed by atoms with E-state index in [1.807, 2.05) is 0 Å². The first kappa shape index (κ1) is 11.2. The van der Waals surface area contributed by atoms with Crippen LogP contribution in [0.2, 0.25) is 0 Å². The van der Waals surface area contributed by atoms with Gasteiger partial charge in [-0.1, -0.05) is 12.2 Å². The maximum absolute atomic E-state index is 13.0. The lowest BCUT2D eigenvalue weighted by molar-refractivity contribution is -0.135. The Hall–Kier alpha value is -1.84. The Bertz CT molecular complexity index is 385. The van der Waals surface area contributed by atoms with Gasteiger partial charge in [0, 0.05) is 6.07 Å². The molecule has 3 nitrogen and oxygen atoms in total. The summed E-state index contributed by atoms with van der Waals surface area (Å²) in [7, 11) is 1.44. The zero-order chi connectivity index (χ0) is 11.3. The fourth-order valence-corrected chi connectivity index (χ4v) is 1.09. The molecule has 0 radical (unpaired) electrons. The average molecular weight is 210 g/mol. The molecular weight excluding hydrogens is 199 g/mol. The number of hydrogen-bond acceptors (Lipinski definition) is 2. The van der Waals surface area contributed by atoms with Gasteiger partial charge in [0.15, 0.2) is 0 Å². The molecule has 1 N–H and O–H groups in total. The van der Waals surface area contributed by atoms with Crippen molar-refractivity contribution < 1.29 is 19.0 Å². The van der Waals surface area contributed by atoms with Gasteiger partial charge in [-0.2, -0.15) is 0 Å². The van der Waals surface area contributed by atoms with Crippen LogP contribution in [0.1, 0.15) is 12.0 Å². The minimum absolute atomic E-state index is 0.0845. The molecular formula is C11H11FO3. The van der Waals surface area contributed by atoms with E-state index in [-0.39, 0.29) is 6.42 Å².